The van der Waals surface area contributed by atoms with E-state index < -0.39 is 0 Å². The van der Waals surface area contributed by atoms with Gasteiger partial charge in [0.1, 0.15) is 0 Å². The van der Waals surface area contributed by atoms with Gasteiger partial charge in [-0.2, -0.15) is 4.98 Å². The van der Waals surface area contributed by atoms with Gasteiger partial charge in [0.05, 0.1) is 5.54 Å². The van der Waals surface area contributed by atoms with E-state index in [0.29, 0.717) is 5.92 Å². The van der Waals surface area contributed by atoms with Gasteiger partial charge in [-0.3, -0.25) is 0 Å². The van der Waals surface area contributed by atoms with Crippen LogP contribution in [0.25, 0.3) is 0 Å². The molecule has 0 radical (unpaired) electrons. The van der Waals surface area contributed by atoms with Crippen LogP contribution < -0.4 is 5.73 Å². The predicted molar refractivity (Wildman–Crippen MR) is 71.1 cm³/mol. The Kier molecular flexibility index (Phi) is 4.05. The highest BCUT2D eigenvalue weighted by Gasteiger charge is 2.36. The van der Waals surface area contributed by atoms with Crippen molar-refractivity contribution in [3.63, 3.8) is 0 Å². The molecule has 1 fully saturated rings. The highest BCUT2D eigenvalue weighted by atomic mass is 16.5. The zero-order valence-electron chi connectivity index (χ0n) is 11.8. The van der Waals surface area contributed by atoms with Crippen LogP contribution in [0, 0.1) is 5.92 Å². The summed E-state index contributed by atoms with van der Waals surface area (Å²) in [5.41, 5.74) is 6.09. The Labute approximate surface area is 109 Å². The summed E-state index contributed by atoms with van der Waals surface area (Å²) in [4.78, 5) is 4.57. The van der Waals surface area contributed by atoms with Crippen molar-refractivity contribution in [3.8, 4) is 0 Å². The van der Waals surface area contributed by atoms with Crippen molar-refractivity contribution in [1.29, 1.82) is 0 Å². The lowest BCUT2D eigenvalue weighted by atomic mass is 9.77. The number of hydrogen-bond donors (Lipinski definition) is 1. The first-order valence-electron chi connectivity index (χ1n) is 7.22. The third-order valence-corrected chi connectivity index (χ3v) is 4.39. The third-order valence-electron chi connectivity index (χ3n) is 4.39. The molecule has 0 amide bonds. The van der Waals surface area contributed by atoms with Crippen LogP contribution in [0.2, 0.25) is 0 Å². The molecule has 1 aromatic rings. The van der Waals surface area contributed by atoms with Gasteiger partial charge in [0, 0.05) is 5.92 Å². The van der Waals surface area contributed by atoms with E-state index in [-0.39, 0.29) is 5.54 Å². The van der Waals surface area contributed by atoms with Crippen LogP contribution in [0.5, 0.6) is 0 Å². The van der Waals surface area contributed by atoms with Crippen LogP contribution in [0.1, 0.15) is 76.9 Å². The summed E-state index contributed by atoms with van der Waals surface area (Å²) in [5, 5.41) is 4.14. The molecule has 1 heterocycles. The van der Waals surface area contributed by atoms with Crippen molar-refractivity contribution >= 4 is 0 Å². The van der Waals surface area contributed by atoms with E-state index in [4.69, 9.17) is 10.3 Å². The second kappa shape index (κ2) is 5.39. The van der Waals surface area contributed by atoms with Gasteiger partial charge in [0.15, 0.2) is 5.82 Å². The second-order valence-corrected chi connectivity index (χ2v) is 5.81. The molecule has 0 unspecified atom stereocenters. The molecular weight excluding hydrogens is 226 g/mol. The molecule has 4 heteroatoms. The first-order chi connectivity index (χ1) is 8.59. The van der Waals surface area contributed by atoms with E-state index in [9.17, 15) is 0 Å². The highest BCUT2D eigenvalue weighted by Crippen LogP contribution is 2.36. The molecule has 1 saturated carbocycles. The van der Waals surface area contributed by atoms with Gasteiger partial charge in [0.2, 0.25) is 5.89 Å². The molecule has 102 valence electrons. The van der Waals surface area contributed by atoms with Gasteiger partial charge in [-0.05, 0) is 44.4 Å². The van der Waals surface area contributed by atoms with Crippen LogP contribution in [0.4, 0.5) is 0 Å². The fraction of sp³-hybridized carbons (Fsp3) is 0.857. The highest BCUT2D eigenvalue weighted by molar-refractivity contribution is 5.07. The molecule has 0 saturated heterocycles. The van der Waals surface area contributed by atoms with E-state index in [2.05, 4.69) is 30.9 Å². The Morgan fingerprint density at radius 2 is 1.94 bits per heavy atom. The molecule has 2 N–H and O–H groups in total. The largest absolute Gasteiger partial charge is 0.339 e. The predicted octanol–water partition coefficient (Wildman–Crippen LogP) is 3.34. The molecule has 0 spiro atoms. The minimum atomic E-state index is -0.361. The lowest BCUT2D eigenvalue weighted by Gasteiger charge is -2.33. The van der Waals surface area contributed by atoms with Crippen LogP contribution in [0.15, 0.2) is 4.52 Å². The quantitative estimate of drug-likeness (QED) is 0.891. The molecule has 0 atom stereocenters. The van der Waals surface area contributed by atoms with Gasteiger partial charge in [0.25, 0.3) is 0 Å². The molecule has 4 nitrogen and oxygen atoms in total. The van der Waals surface area contributed by atoms with E-state index in [1.807, 2.05) is 0 Å². The molecule has 0 aromatic carbocycles. The maximum absolute atomic E-state index is 6.45. The van der Waals surface area contributed by atoms with Crippen LogP contribution in [0.3, 0.4) is 0 Å². The molecule has 1 aromatic heterocycles. The van der Waals surface area contributed by atoms with Crippen molar-refractivity contribution in [1.82, 2.24) is 10.1 Å². The first kappa shape index (κ1) is 13.5. The molecular formula is C14H25N3O. The number of nitrogens with two attached hydrogens (primary N) is 1. The number of aromatic nitrogens is 2. The van der Waals surface area contributed by atoms with Crippen molar-refractivity contribution < 1.29 is 4.52 Å². The van der Waals surface area contributed by atoms with Gasteiger partial charge in [-0.15, -0.1) is 0 Å². The Balaban J connectivity index is 2.14. The maximum atomic E-state index is 6.45. The van der Waals surface area contributed by atoms with Crippen LogP contribution in [-0.2, 0) is 5.54 Å². The topological polar surface area (TPSA) is 64.9 Å². The average molecular weight is 251 g/mol. The molecule has 1 aliphatic rings. The van der Waals surface area contributed by atoms with E-state index in [0.717, 1.165) is 56.2 Å². The number of rotatable bonds is 4. The summed E-state index contributed by atoms with van der Waals surface area (Å²) in [6.45, 7) is 6.59. The summed E-state index contributed by atoms with van der Waals surface area (Å²) < 4.78 is 5.41. The Hall–Kier alpha value is -0.900. The SMILES string of the molecule is CCC(CC)c1nc(C2(N)CCC(C)CC2)no1. The second-order valence-electron chi connectivity index (χ2n) is 5.81. The van der Waals surface area contributed by atoms with Crippen LogP contribution >= 0.6 is 0 Å². The molecule has 0 aliphatic heterocycles. The molecule has 2 rings (SSSR count). The summed E-state index contributed by atoms with van der Waals surface area (Å²) in [6, 6.07) is 0. The monoisotopic (exact) mass is 251 g/mol. The van der Waals surface area contributed by atoms with Crippen molar-refractivity contribution in [2.75, 3.05) is 0 Å². The fourth-order valence-electron chi connectivity index (χ4n) is 2.74. The Bertz CT molecular complexity index is 376. The molecule has 1 aliphatic carbocycles. The lowest BCUT2D eigenvalue weighted by Crippen LogP contribution is -2.41. The summed E-state index contributed by atoms with van der Waals surface area (Å²) in [6.07, 6.45) is 6.32. The average Bonchev–Trinajstić information content (AvgIpc) is 2.85. The van der Waals surface area contributed by atoms with Gasteiger partial charge >= 0.3 is 0 Å². The van der Waals surface area contributed by atoms with Crippen molar-refractivity contribution in [2.45, 2.75) is 70.8 Å². The standard InChI is InChI=1S/C14H25N3O/c1-4-11(5-2)12-16-13(17-18-12)14(15)8-6-10(3)7-9-14/h10-11H,4-9,15H2,1-3H3. The maximum Gasteiger partial charge on any atom is 0.229 e. The number of hydrogen-bond acceptors (Lipinski definition) is 4. The molecule has 18 heavy (non-hydrogen) atoms. The van der Waals surface area contributed by atoms with Crippen LogP contribution in [-0.4, -0.2) is 10.1 Å². The summed E-state index contributed by atoms with van der Waals surface area (Å²) in [7, 11) is 0. The summed E-state index contributed by atoms with van der Waals surface area (Å²) in [5.74, 6) is 2.62. The lowest BCUT2D eigenvalue weighted by molar-refractivity contribution is 0.229. The van der Waals surface area contributed by atoms with E-state index in [1.54, 1.807) is 0 Å². The van der Waals surface area contributed by atoms with E-state index in [1.165, 1.54) is 0 Å². The minimum Gasteiger partial charge on any atom is -0.339 e. The van der Waals surface area contributed by atoms with Crippen molar-refractivity contribution in [2.24, 2.45) is 11.7 Å². The van der Waals surface area contributed by atoms with Crippen molar-refractivity contribution in [3.05, 3.63) is 11.7 Å². The Morgan fingerprint density at radius 1 is 1.33 bits per heavy atom. The Morgan fingerprint density at radius 3 is 2.50 bits per heavy atom. The fourth-order valence-corrected chi connectivity index (χ4v) is 2.74. The third kappa shape index (κ3) is 2.58. The minimum absolute atomic E-state index is 0.361. The van der Waals surface area contributed by atoms with Gasteiger partial charge < -0.3 is 10.3 Å². The first-order valence-corrected chi connectivity index (χ1v) is 7.22. The normalized spacial score (nSPS) is 28.8. The van der Waals surface area contributed by atoms with Gasteiger partial charge in [-0.1, -0.05) is 25.9 Å². The molecule has 0 bridgehead atoms. The van der Waals surface area contributed by atoms with E-state index >= 15 is 0 Å². The number of nitrogens with zero attached hydrogens (tertiary/aromatic N) is 2. The summed E-state index contributed by atoms with van der Waals surface area (Å²) >= 11 is 0. The zero-order chi connectivity index (χ0) is 13.2. The zero-order valence-corrected chi connectivity index (χ0v) is 11.8. The van der Waals surface area contributed by atoms with Gasteiger partial charge in [-0.25, -0.2) is 0 Å². The smallest absolute Gasteiger partial charge is 0.229 e.